The van der Waals surface area contributed by atoms with Crippen molar-refractivity contribution >= 4 is 23.5 Å². The molecule has 0 saturated carbocycles. The van der Waals surface area contributed by atoms with Crippen LogP contribution in [0.3, 0.4) is 0 Å². The summed E-state index contributed by atoms with van der Waals surface area (Å²) in [5.41, 5.74) is 2.88. The fourth-order valence-corrected chi connectivity index (χ4v) is 3.66. The SMILES string of the molecule is Cc1cc(C)cc(OCCOC(=O)C2CCN(C(=O)c3ccc(Cl)cc3)CC2)c1. The minimum atomic E-state index is -0.215. The van der Waals surface area contributed by atoms with Crippen molar-refractivity contribution in [3.05, 3.63) is 64.2 Å². The highest BCUT2D eigenvalue weighted by atomic mass is 35.5. The molecular formula is C23H26ClNO4. The molecule has 29 heavy (non-hydrogen) atoms. The van der Waals surface area contributed by atoms with Crippen molar-refractivity contribution in [3.8, 4) is 5.75 Å². The number of halogens is 1. The fourth-order valence-electron chi connectivity index (χ4n) is 3.53. The topological polar surface area (TPSA) is 55.8 Å². The molecule has 1 saturated heterocycles. The minimum absolute atomic E-state index is 0.0321. The molecule has 0 atom stereocenters. The Kier molecular flexibility index (Phi) is 7.15. The number of hydrogen-bond acceptors (Lipinski definition) is 4. The van der Waals surface area contributed by atoms with Gasteiger partial charge in [0.2, 0.25) is 0 Å². The second-order valence-corrected chi connectivity index (χ2v) is 7.85. The van der Waals surface area contributed by atoms with E-state index in [0.29, 0.717) is 43.1 Å². The summed E-state index contributed by atoms with van der Waals surface area (Å²) in [6.07, 6.45) is 1.21. The first kappa shape index (κ1) is 21.2. The quantitative estimate of drug-likeness (QED) is 0.517. The average Bonchev–Trinajstić information content (AvgIpc) is 2.70. The van der Waals surface area contributed by atoms with Crippen LogP contribution in [0.2, 0.25) is 5.02 Å². The number of ether oxygens (including phenoxy) is 2. The van der Waals surface area contributed by atoms with E-state index in [-0.39, 0.29) is 24.4 Å². The van der Waals surface area contributed by atoms with Crippen molar-refractivity contribution in [2.45, 2.75) is 26.7 Å². The van der Waals surface area contributed by atoms with Gasteiger partial charge in [0.05, 0.1) is 5.92 Å². The van der Waals surface area contributed by atoms with Crippen LogP contribution in [0.15, 0.2) is 42.5 Å². The number of nitrogens with zero attached hydrogens (tertiary/aromatic N) is 1. The van der Waals surface area contributed by atoms with Crippen LogP contribution in [0.4, 0.5) is 0 Å². The summed E-state index contributed by atoms with van der Waals surface area (Å²) < 4.78 is 11.0. The number of aryl methyl sites for hydroxylation is 2. The van der Waals surface area contributed by atoms with Crippen LogP contribution in [0.25, 0.3) is 0 Å². The van der Waals surface area contributed by atoms with E-state index < -0.39 is 0 Å². The van der Waals surface area contributed by atoms with Gasteiger partial charge in [-0.25, -0.2) is 0 Å². The molecule has 6 heteroatoms. The smallest absolute Gasteiger partial charge is 0.309 e. The molecule has 0 radical (unpaired) electrons. The summed E-state index contributed by atoms with van der Waals surface area (Å²) in [4.78, 5) is 26.6. The molecule has 3 rings (SSSR count). The molecule has 1 aliphatic rings. The molecule has 1 fully saturated rings. The van der Waals surface area contributed by atoms with Gasteiger partial charge >= 0.3 is 5.97 Å². The maximum atomic E-state index is 12.5. The van der Waals surface area contributed by atoms with E-state index >= 15 is 0 Å². The lowest BCUT2D eigenvalue weighted by Crippen LogP contribution is -2.40. The maximum Gasteiger partial charge on any atom is 0.309 e. The predicted octanol–water partition coefficient (Wildman–Crippen LogP) is 4.43. The van der Waals surface area contributed by atoms with Crippen molar-refractivity contribution in [2.24, 2.45) is 5.92 Å². The van der Waals surface area contributed by atoms with Crippen LogP contribution >= 0.6 is 11.6 Å². The summed E-state index contributed by atoms with van der Waals surface area (Å²) in [6, 6.07) is 12.9. The number of carbonyl (C=O) groups is 2. The molecular weight excluding hydrogens is 390 g/mol. The Balaban J connectivity index is 1.39. The fraction of sp³-hybridized carbons (Fsp3) is 0.391. The van der Waals surface area contributed by atoms with Crippen molar-refractivity contribution in [1.29, 1.82) is 0 Å². The second kappa shape index (κ2) is 9.79. The highest BCUT2D eigenvalue weighted by molar-refractivity contribution is 6.30. The van der Waals surface area contributed by atoms with Gasteiger partial charge in [0.1, 0.15) is 19.0 Å². The summed E-state index contributed by atoms with van der Waals surface area (Å²) in [7, 11) is 0. The lowest BCUT2D eigenvalue weighted by Gasteiger charge is -2.31. The van der Waals surface area contributed by atoms with Crippen LogP contribution in [-0.2, 0) is 9.53 Å². The second-order valence-electron chi connectivity index (χ2n) is 7.41. The zero-order valence-electron chi connectivity index (χ0n) is 16.8. The number of esters is 1. The van der Waals surface area contributed by atoms with E-state index in [1.807, 2.05) is 26.0 Å². The Labute approximate surface area is 176 Å². The number of rotatable bonds is 6. The Bertz CT molecular complexity index is 837. The Morgan fingerprint density at radius 3 is 2.24 bits per heavy atom. The molecule has 2 aromatic rings. The molecule has 5 nitrogen and oxygen atoms in total. The van der Waals surface area contributed by atoms with Gasteiger partial charge in [0.15, 0.2) is 0 Å². The van der Waals surface area contributed by atoms with E-state index in [4.69, 9.17) is 21.1 Å². The molecule has 0 bridgehead atoms. The lowest BCUT2D eigenvalue weighted by atomic mass is 9.96. The third-order valence-corrected chi connectivity index (χ3v) is 5.25. The van der Waals surface area contributed by atoms with Crippen LogP contribution in [0, 0.1) is 19.8 Å². The Morgan fingerprint density at radius 2 is 1.62 bits per heavy atom. The molecule has 0 spiro atoms. The monoisotopic (exact) mass is 415 g/mol. The number of hydrogen-bond donors (Lipinski definition) is 0. The number of benzene rings is 2. The van der Waals surface area contributed by atoms with Gasteiger partial charge in [0.25, 0.3) is 5.91 Å². The van der Waals surface area contributed by atoms with Crippen LogP contribution in [-0.4, -0.2) is 43.1 Å². The van der Waals surface area contributed by atoms with Crippen LogP contribution in [0.1, 0.15) is 34.3 Å². The third kappa shape index (κ3) is 5.97. The van der Waals surface area contributed by atoms with E-state index in [0.717, 1.165) is 16.9 Å². The standard InChI is InChI=1S/C23H26ClNO4/c1-16-13-17(2)15-21(14-16)28-11-12-29-23(27)19-7-9-25(10-8-19)22(26)18-3-5-20(24)6-4-18/h3-6,13-15,19H,7-12H2,1-2H3. The first-order chi connectivity index (χ1) is 13.9. The molecule has 2 aromatic carbocycles. The number of piperidine rings is 1. The van der Waals surface area contributed by atoms with Crippen molar-refractivity contribution in [3.63, 3.8) is 0 Å². The van der Waals surface area contributed by atoms with Gasteiger partial charge < -0.3 is 14.4 Å². The van der Waals surface area contributed by atoms with Crippen LogP contribution in [0.5, 0.6) is 5.75 Å². The molecule has 154 valence electrons. The molecule has 0 unspecified atom stereocenters. The molecule has 0 aliphatic carbocycles. The number of amides is 1. The molecule has 1 amide bonds. The van der Waals surface area contributed by atoms with Crippen molar-refractivity contribution in [2.75, 3.05) is 26.3 Å². The van der Waals surface area contributed by atoms with Gasteiger partial charge in [-0.2, -0.15) is 0 Å². The van der Waals surface area contributed by atoms with Crippen LogP contribution < -0.4 is 4.74 Å². The highest BCUT2D eigenvalue weighted by Gasteiger charge is 2.28. The number of likely N-dealkylation sites (tertiary alicyclic amines) is 1. The largest absolute Gasteiger partial charge is 0.490 e. The summed E-state index contributed by atoms with van der Waals surface area (Å²) in [6.45, 7) is 5.66. The highest BCUT2D eigenvalue weighted by Crippen LogP contribution is 2.21. The number of carbonyl (C=O) groups excluding carboxylic acids is 2. The van der Waals surface area contributed by atoms with E-state index in [1.54, 1.807) is 29.2 Å². The third-order valence-electron chi connectivity index (χ3n) is 5.00. The first-order valence-electron chi connectivity index (χ1n) is 9.85. The predicted molar refractivity (Wildman–Crippen MR) is 112 cm³/mol. The Morgan fingerprint density at radius 1 is 1.00 bits per heavy atom. The van der Waals surface area contributed by atoms with E-state index in [1.165, 1.54) is 0 Å². The normalized spacial score (nSPS) is 14.5. The van der Waals surface area contributed by atoms with E-state index in [9.17, 15) is 9.59 Å². The lowest BCUT2D eigenvalue weighted by molar-refractivity contribution is -0.150. The Hall–Kier alpha value is -2.53. The van der Waals surface area contributed by atoms with Gasteiger partial charge in [-0.05, 0) is 74.2 Å². The molecule has 0 aromatic heterocycles. The van der Waals surface area contributed by atoms with Gasteiger partial charge in [-0.15, -0.1) is 0 Å². The van der Waals surface area contributed by atoms with Gasteiger partial charge in [0, 0.05) is 23.7 Å². The first-order valence-corrected chi connectivity index (χ1v) is 10.2. The summed E-state index contributed by atoms with van der Waals surface area (Å²) in [5.74, 6) is 0.362. The molecule has 1 aliphatic heterocycles. The molecule has 0 N–H and O–H groups in total. The van der Waals surface area contributed by atoms with Crippen molar-refractivity contribution in [1.82, 2.24) is 4.90 Å². The van der Waals surface area contributed by atoms with Crippen molar-refractivity contribution < 1.29 is 19.1 Å². The summed E-state index contributed by atoms with van der Waals surface area (Å²) in [5, 5.41) is 0.601. The zero-order valence-corrected chi connectivity index (χ0v) is 17.6. The summed E-state index contributed by atoms with van der Waals surface area (Å²) >= 11 is 5.87. The van der Waals surface area contributed by atoms with Gasteiger partial charge in [-0.3, -0.25) is 9.59 Å². The average molecular weight is 416 g/mol. The maximum absolute atomic E-state index is 12.5. The molecule has 1 heterocycles. The zero-order chi connectivity index (χ0) is 20.8. The minimum Gasteiger partial charge on any atom is -0.490 e. The van der Waals surface area contributed by atoms with Gasteiger partial charge in [-0.1, -0.05) is 17.7 Å². The van der Waals surface area contributed by atoms with E-state index in [2.05, 4.69) is 6.07 Å².